The van der Waals surface area contributed by atoms with E-state index in [2.05, 4.69) is 30.6 Å². The van der Waals surface area contributed by atoms with E-state index >= 15 is 0 Å². The maximum absolute atomic E-state index is 13.7. The monoisotopic (exact) mass is 533 g/mol. The maximum Gasteiger partial charge on any atom is 0.230 e. The van der Waals surface area contributed by atoms with Crippen molar-refractivity contribution in [3.63, 3.8) is 0 Å². The fourth-order valence-corrected chi connectivity index (χ4v) is 4.02. The summed E-state index contributed by atoms with van der Waals surface area (Å²) in [6.45, 7) is 2.34. The van der Waals surface area contributed by atoms with Crippen molar-refractivity contribution in [1.29, 1.82) is 0 Å². The first-order valence-electron chi connectivity index (χ1n) is 12.4. The first-order chi connectivity index (χ1) is 18.9. The second kappa shape index (κ2) is 11.6. The van der Waals surface area contributed by atoms with Crippen LogP contribution in [0.2, 0.25) is 0 Å². The highest BCUT2D eigenvalue weighted by Crippen LogP contribution is 2.35. The van der Waals surface area contributed by atoms with Crippen LogP contribution in [0, 0.1) is 11.2 Å². The molecule has 39 heavy (non-hydrogen) atoms. The summed E-state index contributed by atoms with van der Waals surface area (Å²) in [5.74, 6) is 0.177. The zero-order valence-corrected chi connectivity index (χ0v) is 21.2. The minimum atomic E-state index is -0.888. The lowest BCUT2D eigenvalue weighted by Crippen LogP contribution is -2.48. The number of nitrogens with one attached hydrogen (secondary N) is 3. The normalized spacial score (nSPS) is 19.0. The van der Waals surface area contributed by atoms with E-state index in [4.69, 9.17) is 19.6 Å². The van der Waals surface area contributed by atoms with Crippen LogP contribution in [0.5, 0.6) is 0 Å². The highest BCUT2D eigenvalue weighted by Gasteiger charge is 2.40. The molecule has 11 nitrogen and oxygen atoms in total. The first kappa shape index (κ1) is 26.4. The van der Waals surface area contributed by atoms with Gasteiger partial charge < -0.3 is 30.2 Å². The molecule has 1 aromatic carbocycles. The number of aromatic amines is 1. The number of nitrogens with zero attached hydrogens (tertiary/aromatic N) is 4. The Kier molecular flexibility index (Phi) is 7.87. The number of carbonyl (C=O) groups excluding carboxylic acids is 1. The molecule has 4 aromatic rings. The molecule has 0 radical (unpaired) electrons. The Morgan fingerprint density at radius 1 is 1.10 bits per heavy atom. The summed E-state index contributed by atoms with van der Waals surface area (Å²) in [6, 6.07) is 11.3. The van der Waals surface area contributed by atoms with Crippen molar-refractivity contribution in [3.8, 4) is 22.6 Å². The lowest BCUT2D eigenvalue weighted by atomic mass is 9.91. The van der Waals surface area contributed by atoms with Crippen LogP contribution in [0.15, 0.2) is 61.1 Å². The number of carbonyl (C=O) groups is 1. The summed E-state index contributed by atoms with van der Waals surface area (Å²) in [7, 11) is 0. The highest BCUT2D eigenvalue weighted by molar-refractivity contribution is 5.82. The zero-order valence-electron chi connectivity index (χ0n) is 21.2. The van der Waals surface area contributed by atoms with E-state index < -0.39 is 11.7 Å². The Balaban J connectivity index is 1.41. The number of halogens is 1. The van der Waals surface area contributed by atoms with Crippen molar-refractivity contribution in [2.75, 3.05) is 31.7 Å². The number of hydrogen-bond acceptors (Lipinski definition) is 9. The molecular weight excluding hydrogens is 505 g/mol. The highest BCUT2D eigenvalue weighted by atomic mass is 19.1. The van der Waals surface area contributed by atoms with Crippen molar-refractivity contribution >= 4 is 17.5 Å². The van der Waals surface area contributed by atoms with Crippen molar-refractivity contribution in [1.82, 2.24) is 30.2 Å². The Hall–Kier alpha value is -4.26. The average Bonchev–Trinajstić information content (AvgIpc) is 3.40. The number of H-pyrrole nitrogens is 1. The van der Waals surface area contributed by atoms with E-state index in [1.165, 1.54) is 12.1 Å². The average molecular weight is 534 g/mol. The number of aliphatic hydroxyl groups is 1. The van der Waals surface area contributed by atoms with Crippen LogP contribution < -0.4 is 10.6 Å². The van der Waals surface area contributed by atoms with Gasteiger partial charge in [-0.1, -0.05) is 0 Å². The van der Waals surface area contributed by atoms with Gasteiger partial charge >= 0.3 is 0 Å². The maximum atomic E-state index is 13.7. The van der Waals surface area contributed by atoms with Crippen LogP contribution in [0.25, 0.3) is 22.6 Å². The molecule has 1 aliphatic rings. The van der Waals surface area contributed by atoms with Gasteiger partial charge in [0.05, 0.1) is 35.7 Å². The van der Waals surface area contributed by atoms with Gasteiger partial charge in [-0.2, -0.15) is 0 Å². The molecule has 1 aliphatic heterocycles. The smallest absolute Gasteiger partial charge is 0.230 e. The molecule has 4 heterocycles. The van der Waals surface area contributed by atoms with E-state index in [1.807, 2.05) is 0 Å². The summed E-state index contributed by atoms with van der Waals surface area (Å²) in [5, 5.41) is 14.9. The second-order valence-electron chi connectivity index (χ2n) is 9.33. The van der Waals surface area contributed by atoms with Gasteiger partial charge in [0.1, 0.15) is 5.82 Å². The molecule has 1 saturated heterocycles. The quantitative estimate of drug-likeness (QED) is 0.238. The predicted octanol–water partition coefficient (Wildman–Crippen LogP) is 3.36. The molecule has 12 heteroatoms. The molecular formula is C27H28FN7O4. The number of ether oxygens (including phenoxy) is 2. The third-order valence-corrected chi connectivity index (χ3v) is 6.19. The summed E-state index contributed by atoms with van der Waals surface area (Å²) in [5.41, 5.74) is 2.20. The third-order valence-electron chi connectivity index (χ3n) is 6.19. The van der Waals surface area contributed by atoms with E-state index in [0.29, 0.717) is 47.4 Å². The number of hydrogen-bond donors (Lipinski definition) is 4. The van der Waals surface area contributed by atoms with Crippen molar-refractivity contribution in [2.24, 2.45) is 5.41 Å². The minimum absolute atomic E-state index is 0.00307. The van der Waals surface area contributed by atoms with Gasteiger partial charge in [0.15, 0.2) is 5.82 Å². The van der Waals surface area contributed by atoms with Crippen LogP contribution in [0.1, 0.15) is 25.5 Å². The molecule has 3 aromatic heterocycles. The number of amides is 1. The van der Waals surface area contributed by atoms with Gasteiger partial charge in [0, 0.05) is 43.0 Å². The van der Waals surface area contributed by atoms with Crippen molar-refractivity contribution in [3.05, 3.63) is 72.7 Å². The van der Waals surface area contributed by atoms with Crippen LogP contribution in [-0.4, -0.2) is 62.3 Å². The fraction of sp³-hybridized carbons (Fsp3) is 0.296. The molecule has 202 valence electrons. The van der Waals surface area contributed by atoms with Crippen LogP contribution in [0.4, 0.5) is 16.0 Å². The standard InChI is InChI=1S/C27H28FN7O4/c1-27(25(37)30-10-2-14-36)15-38-24(39-16-27)23-34-21(17-3-5-18(28)6-4-17)22(35-23)20-9-13-31-26(33-20)32-19-7-11-29-12-8-19/h3-9,11-13,24,36H,2,10,14-16H2,1H3,(H,30,37)(H,34,35)(H,29,31,32,33). The van der Waals surface area contributed by atoms with E-state index in [9.17, 15) is 9.18 Å². The first-order valence-corrected chi connectivity index (χ1v) is 12.4. The Morgan fingerprint density at radius 3 is 2.56 bits per heavy atom. The Labute approximate surface area is 223 Å². The Morgan fingerprint density at radius 2 is 1.85 bits per heavy atom. The number of aliphatic hydroxyl groups excluding tert-OH is 1. The fourth-order valence-electron chi connectivity index (χ4n) is 4.02. The molecule has 0 saturated carbocycles. The predicted molar refractivity (Wildman–Crippen MR) is 140 cm³/mol. The lowest BCUT2D eigenvalue weighted by molar-refractivity contribution is -0.231. The third kappa shape index (κ3) is 6.08. The van der Waals surface area contributed by atoms with Gasteiger partial charge in [-0.05, 0) is 55.8 Å². The number of imidazole rings is 1. The minimum Gasteiger partial charge on any atom is -0.396 e. The van der Waals surface area contributed by atoms with Gasteiger partial charge in [0.25, 0.3) is 0 Å². The van der Waals surface area contributed by atoms with Crippen molar-refractivity contribution < 1.29 is 23.8 Å². The van der Waals surface area contributed by atoms with E-state index in [0.717, 1.165) is 5.69 Å². The second-order valence-corrected chi connectivity index (χ2v) is 9.33. The molecule has 0 unspecified atom stereocenters. The number of anilines is 2. The molecule has 1 amide bonds. The molecule has 1 fully saturated rings. The van der Waals surface area contributed by atoms with Gasteiger partial charge in [0.2, 0.25) is 18.1 Å². The van der Waals surface area contributed by atoms with Crippen LogP contribution >= 0.6 is 0 Å². The summed E-state index contributed by atoms with van der Waals surface area (Å²) in [4.78, 5) is 33.6. The molecule has 0 spiro atoms. The SMILES string of the molecule is CC1(C(=O)NCCCO)COC(c2nc(-c3ccc(F)cc3)c(-c3ccnc(Nc4ccncc4)n3)[nH]2)OC1. The molecule has 5 rings (SSSR count). The van der Waals surface area contributed by atoms with Crippen LogP contribution in [0.3, 0.4) is 0 Å². The van der Waals surface area contributed by atoms with E-state index in [-0.39, 0.29) is 31.5 Å². The number of aromatic nitrogens is 5. The molecule has 0 bridgehead atoms. The molecule has 0 atom stereocenters. The number of pyridine rings is 1. The molecule has 0 aliphatic carbocycles. The summed E-state index contributed by atoms with van der Waals surface area (Å²) in [6.07, 6.45) is 4.56. The van der Waals surface area contributed by atoms with Crippen molar-refractivity contribution in [2.45, 2.75) is 19.6 Å². The largest absolute Gasteiger partial charge is 0.396 e. The van der Waals surface area contributed by atoms with Gasteiger partial charge in [-0.25, -0.2) is 19.3 Å². The topological polar surface area (TPSA) is 147 Å². The molecule has 4 N–H and O–H groups in total. The van der Waals surface area contributed by atoms with E-state index in [1.54, 1.807) is 55.8 Å². The summed E-state index contributed by atoms with van der Waals surface area (Å²) >= 11 is 0. The zero-order chi connectivity index (χ0) is 27.2. The number of rotatable bonds is 9. The Bertz CT molecular complexity index is 1410. The lowest BCUT2D eigenvalue weighted by Gasteiger charge is -2.35. The number of benzene rings is 1. The summed E-state index contributed by atoms with van der Waals surface area (Å²) < 4.78 is 25.5. The van der Waals surface area contributed by atoms with Crippen LogP contribution in [-0.2, 0) is 14.3 Å². The van der Waals surface area contributed by atoms with Gasteiger partial charge in [-0.3, -0.25) is 9.78 Å². The van der Waals surface area contributed by atoms with Gasteiger partial charge in [-0.15, -0.1) is 0 Å².